The molecule has 0 aliphatic carbocycles. The lowest BCUT2D eigenvalue weighted by Gasteiger charge is -2.19. The van der Waals surface area contributed by atoms with E-state index in [0.717, 1.165) is 17.7 Å². The Labute approximate surface area is 117 Å². The maximum absolute atomic E-state index is 12.0. The third-order valence-corrected chi connectivity index (χ3v) is 3.18. The van der Waals surface area contributed by atoms with Gasteiger partial charge in [-0.25, -0.2) is 0 Å². The molecule has 2 heterocycles. The highest BCUT2D eigenvalue weighted by atomic mass is 16.6. The third kappa shape index (κ3) is 2.41. The number of hydrogen-bond acceptors (Lipinski definition) is 4. The first-order valence-corrected chi connectivity index (χ1v) is 6.79. The van der Waals surface area contributed by atoms with Crippen molar-refractivity contribution in [2.45, 2.75) is 19.4 Å². The fraction of sp³-hybridized carbons (Fsp3) is 0.429. The highest BCUT2D eigenvalue weighted by Gasteiger charge is 2.30. The summed E-state index contributed by atoms with van der Waals surface area (Å²) in [5.41, 5.74) is 0.841. The number of ether oxygens (including phenoxy) is 2. The molecule has 1 fully saturated rings. The van der Waals surface area contributed by atoms with Crippen molar-refractivity contribution in [3.8, 4) is 11.5 Å². The average Bonchev–Trinajstić information content (AvgIpc) is 2.85. The summed E-state index contributed by atoms with van der Waals surface area (Å²) in [5.74, 6) is 1.84. The Balaban J connectivity index is 1.81. The van der Waals surface area contributed by atoms with Crippen molar-refractivity contribution in [1.29, 1.82) is 0 Å². The summed E-state index contributed by atoms with van der Waals surface area (Å²) in [6.07, 6.45) is 0.940. The van der Waals surface area contributed by atoms with Gasteiger partial charge in [-0.15, -0.1) is 0 Å². The zero-order chi connectivity index (χ0) is 13.9. The summed E-state index contributed by atoms with van der Waals surface area (Å²) >= 11 is 0. The van der Waals surface area contributed by atoms with E-state index in [4.69, 9.17) is 9.47 Å². The predicted molar refractivity (Wildman–Crippen MR) is 74.0 cm³/mol. The van der Waals surface area contributed by atoms with E-state index in [1.54, 1.807) is 0 Å². The molecule has 6 heteroatoms. The minimum atomic E-state index is -0.429. The molecule has 1 unspecified atom stereocenters. The second-order valence-corrected chi connectivity index (χ2v) is 4.70. The largest absolute Gasteiger partial charge is 0.486 e. The molecule has 0 spiro atoms. The Kier molecular flexibility index (Phi) is 3.45. The average molecular weight is 275 g/mol. The van der Waals surface area contributed by atoms with Gasteiger partial charge in [0.2, 0.25) is 0 Å². The molecule has 1 atom stereocenters. The van der Waals surface area contributed by atoms with Gasteiger partial charge in [0.25, 0.3) is 5.91 Å². The highest BCUT2D eigenvalue weighted by molar-refractivity contribution is 6.06. The number of nitrogens with one attached hydrogen (secondary N) is 2. The maximum atomic E-state index is 12.0. The summed E-state index contributed by atoms with van der Waals surface area (Å²) in [6, 6.07) is 5.11. The molecule has 1 amide bonds. The fourth-order valence-electron chi connectivity index (χ4n) is 2.21. The molecule has 0 bridgehead atoms. The highest BCUT2D eigenvalue weighted by Crippen LogP contribution is 2.33. The van der Waals surface area contributed by atoms with Gasteiger partial charge in [-0.05, 0) is 24.1 Å². The van der Waals surface area contributed by atoms with E-state index in [1.807, 2.05) is 25.1 Å². The van der Waals surface area contributed by atoms with Gasteiger partial charge in [0.05, 0.1) is 0 Å². The van der Waals surface area contributed by atoms with Crippen molar-refractivity contribution in [3.63, 3.8) is 0 Å². The molecule has 2 aliphatic heterocycles. The smallest absolute Gasteiger partial charge is 0.253 e. The van der Waals surface area contributed by atoms with E-state index in [1.165, 1.54) is 0 Å². The van der Waals surface area contributed by atoms with Crippen LogP contribution in [0.25, 0.3) is 0 Å². The van der Waals surface area contributed by atoms with Crippen molar-refractivity contribution < 1.29 is 14.3 Å². The van der Waals surface area contributed by atoms with Crippen LogP contribution in [0.1, 0.15) is 24.9 Å². The molecule has 0 radical (unpaired) electrons. The molecule has 1 saturated heterocycles. The number of aliphatic imine (C=N–C) groups is 1. The first-order valence-electron chi connectivity index (χ1n) is 6.79. The van der Waals surface area contributed by atoms with Crippen LogP contribution in [0, 0.1) is 0 Å². The van der Waals surface area contributed by atoms with Crippen molar-refractivity contribution in [2.24, 2.45) is 4.99 Å². The summed E-state index contributed by atoms with van der Waals surface area (Å²) in [7, 11) is 0. The van der Waals surface area contributed by atoms with E-state index in [0.29, 0.717) is 31.5 Å². The van der Waals surface area contributed by atoms with Crippen LogP contribution < -0.4 is 20.1 Å². The van der Waals surface area contributed by atoms with Crippen LogP contribution in [-0.2, 0) is 4.79 Å². The first kappa shape index (κ1) is 12.8. The minimum Gasteiger partial charge on any atom is -0.486 e. The summed E-state index contributed by atoms with van der Waals surface area (Å²) in [6.45, 7) is 3.82. The van der Waals surface area contributed by atoms with Crippen LogP contribution in [-0.4, -0.2) is 31.6 Å². The quantitative estimate of drug-likeness (QED) is 0.862. The van der Waals surface area contributed by atoms with Crippen molar-refractivity contribution >= 4 is 11.9 Å². The van der Waals surface area contributed by atoms with Crippen molar-refractivity contribution in [1.82, 2.24) is 10.6 Å². The maximum Gasteiger partial charge on any atom is 0.253 e. The van der Waals surface area contributed by atoms with Crippen LogP contribution >= 0.6 is 0 Å². The number of carbonyl (C=O) groups is 1. The molecule has 0 aromatic heterocycles. The van der Waals surface area contributed by atoms with Crippen LogP contribution in [0.15, 0.2) is 23.2 Å². The fourth-order valence-corrected chi connectivity index (χ4v) is 2.21. The molecule has 106 valence electrons. The number of nitrogens with zero attached hydrogens (tertiary/aromatic N) is 1. The number of rotatable bonds is 3. The number of hydrogen-bond donors (Lipinski definition) is 2. The zero-order valence-electron chi connectivity index (χ0n) is 11.3. The molecule has 3 rings (SSSR count). The van der Waals surface area contributed by atoms with E-state index < -0.39 is 6.04 Å². The molecule has 1 aromatic rings. The van der Waals surface area contributed by atoms with E-state index in [-0.39, 0.29) is 5.91 Å². The van der Waals surface area contributed by atoms with Crippen molar-refractivity contribution in [3.05, 3.63) is 23.8 Å². The number of benzene rings is 1. The molecular formula is C14H17N3O3. The van der Waals surface area contributed by atoms with Crippen LogP contribution in [0.5, 0.6) is 11.5 Å². The number of carbonyl (C=O) groups excluding carboxylic acids is 1. The van der Waals surface area contributed by atoms with Gasteiger partial charge in [0, 0.05) is 6.54 Å². The normalized spacial score (nSPS) is 22.6. The Hall–Kier alpha value is -2.24. The lowest BCUT2D eigenvalue weighted by atomic mass is 10.1. The molecule has 2 aliphatic rings. The van der Waals surface area contributed by atoms with E-state index in [2.05, 4.69) is 15.6 Å². The number of fused-ring (bicyclic) bond motifs is 1. The zero-order valence-corrected chi connectivity index (χ0v) is 11.3. The van der Waals surface area contributed by atoms with Crippen LogP contribution in [0.2, 0.25) is 0 Å². The van der Waals surface area contributed by atoms with Crippen LogP contribution in [0.3, 0.4) is 0 Å². The Bertz CT molecular complexity index is 557. The van der Waals surface area contributed by atoms with Crippen LogP contribution in [0.4, 0.5) is 0 Å². The Morgan fingerprint density at radius 1 is 1.30 bits per heavy atom. The SMILES string of the molecule is CCCN=C1NC(=O)C(c2ccc3c(c2)OCCO3)N1. The van der Waals surface area contributed by atoms with E-state index in [9.17, 15) is 4.79 Å². The monoisotopic (exact) mass is 275 g/mol. The van der Waals surface area contributed by atoms with Gasteiger partial charge < -0.3 is 14.8 Å². The lowest BCUT2D eigenvalue weighted by Crippen LogP contribution is -2.25. The van der Waals surface area contributed by atoms with Gasteiger partial charge in [-0.3, -0.25) is 15.1 Å². The molecular weight excluding hydrogens is 258 g/mol. The third-order valence-electron chi connectivity index (χ3n) is 3.18. The lowest BCUT2D eigenvalue weighted by molar-refractivity contribution is -0.120. The molecule has 1 aromatic carbocycles. The molecule has 2 N–H and O–H groups in total. The van der Waals surface area contributed by atoms with Gasteiger partial charge in [0.1, 0.15) is 19.3 Å². The Morgan fingerprint density at radius 2 is 2.10 bits per heavy atom. The predicted octanol–water partition coefficient (Wildman–Crippen LogP) is 0.984. The second kappa shape index (κ2) is 5.40. The standard InChI is InChI=1S/C14H17N3O3/c1-2-5-15-14-16-12(13(18)17-14)9-3-4-10-11(8-9)20-7-6-19-10/h3-4,8,12H,2,5-7H2,1H3,(H2,15,16,17,18). The topological polar surface area (TPSA) is 72.0 Å². The van der Waals surface area contributed by atoms with Gasteiger partial charge in [-0.2, -0.15) is 0 Å². The van der Waals surface area contributed by atoms with E-state index >= 15 is 0 Å². The molecule has 0 saturated carbocycles. The summed E-state index contributed by atoms with van der Waals surface area (Å²) < 4.78 is 11.0. The molecule has 6 nitrogen and oxygen atoms in total. The number of guanidine groups is 1. The summed E-state index contributed by atoms with van der Waals surface area (Å²) in [4.78, 5) is 16.3. The summed E-state index contributed by atoms with van der Waals surface area (Å²) in [5, 5.41) is 5.84. The second-order valence-electron chi connectivity index (χ2n) is 4.70. The first-order chi connectivity index (χ1) is 9.78. The van der Waals surface area contributed by atoms with Gasteiger partial charge in [0.15, 0.2) is 17.5 Å². The van der Waals surface area contributed by atoms with Gasteiger partial charge >= 0.3 is 0 Å². The Morgan fingerprint density at radius 3 is 2.90 bits per heavy atom. The number of amides is 1. The van der Waals surface area contributed by atoms with Crippen molar-refractivity contribution in [2.75, 3.05) is 19.8 Å². The van der Waals surface area contributed by atoms with Gasteiger partial charge in [-0.1, -0.05) is 13.0 Å². The minimum absolute atomic E-state index is 0.100. The molecule has 20 heavy (non-hydrogen) atoms.